The van der Waals surface area contributed by atoms with E-state index in [-0.39, 0.29) is 34.6 Å². The van der Waals surface area contributed by atoms with E-state index in [2.05, 4.69) is 39.0 Å². The Morgan fingerprint density at radius 3 is 2.30 bits per heavy atom. The third-order valence-electron chi connectivity index (χ3n) is 6.99. The topological polar surface area (TPSA) is 116 Å². The van der Waals surface area contributed by atoms with Crippen LogP contribution in [0.15, 0.2) is 41.1 Å². The molecule has 0 aliphatic heterocycles. The zero-order valence-corrected chi connectivity index (χ0v) is 20.3. The minimum Gasteiger partial charge on any atom is -0.493 e. The molecule has 0 saturated heterocycles. The van der Waals surface area contributed by atoms with Crippen LogP contribution >= 0.6 is 0 Å². The molecule has 0 bridgehead atoms. The summed E-state index contributed by atoms with van der Waals surface area (Å²) in [5.41, 5.74) is 6.77. The molecule has 2 aliphatic carbocycles. The largest absolute Gasteiger partial charge is 0.493 e. The fraction of sp³-hybridized carbons (Fsp3) is 0.519. The van der Waals surface area contributed by atoms with Crippen LogP contribution in [-0.4, -0.2) is 13.2 Å². The molecule has 2 aliphatic rings. The first kappa shape index (κ1) is 24.2. The van der Waals surface area contributed by atoms with E-state index in [1.807, 2.05) is 38.1 Å². The monoisotopic (exact) mass is 444 g/mol. The van der Waals surface area contributed by atoms with Gasteiger partial charge >= 0.3 is 0 Å². The fourth-order valence-corrected chi connectivity index (χ4v) is 5.17. The molecule has 1 aromatic carbocycles. The predicted octanol–water partition coefficient (Wildman–Crippen LogP) is 5.35. The number of nitrogens with zero attached hydrogens (tertiary/aromatic N) is 3. The number of allylic oxidation sites excluding steroid dienone is 3. The van der Waals surface area contributed by atoms with Crippen molar-refractivity contribution in [3.05, 3.63) is 46.7 Å². The van der Waals surface area contributed by atoms with Crippen molar-refractivity contribution in [2.45, 2.75) is 59.5 Å². The van der Waals surface area contributed by atoms with E-state index in [0.29, 0.717) is 17.4 Å². The average Bonchev–Trinajstić information content (AvgIpc) is 2.77. The zero-order valence-electron chi connectivity index (χ0n) is 20.3. The lowest BCUT2D eigenvalue weighted by Gasteiger charge is -2.46. The maximum atomic E-state index is 10.2. The first-order valence-corrected chi connectivity index (χ1v) is 11.3. The van der Waals surface area contributed by atoms with Gasteiger partial charge in [-0.05, 0) is 67.2 Å². The summed E-state index contributed by atoms with van der Waals surface area (Å²) in [6, 6.07) is 12.2. The Labute approximate surface area is 196 Å². The number of hydrogen-bond donors (Lipinski definition) is 1. The molecule has 0 heterocycles. The number of ether oxygens (including phenoxy) is 2. The SMILES string of the molecule is COc1ccc([C@@H]2C(C#N)=C(N)C(C#N)(C#N)C3=CCC(C(C)(C)C)C[C@H]32)cc1OC(C)C. The molecule has 6 nitrogen and oxygen atoms in total. The van der Waals surface area contributed by atoms with Crippen LogP contribution < -0.4 is 15.2 Å². The molecule has 0 saturated carbocycles. The molecule has 0 spiro atoms. The van der Waals surface area contributed by atoms with E-state index in [0.717, 1.165) is 24.0 Å². The van der Waals surface area contributed by atoms with Crippen molar-refractivity contribution < 1.29 is 9.47 Å². The summed E-state index contributed by atoms with van der Waals surface area (Å²) < 4.78 is 11.5. The Morgan fingerprint density at radius 2 is 1.79 bits per heavy atom. The van der Waals surface area contributed by atoms with Crippen LogP contribution in [0.4, 0.5) is 0 Å². The minimum absolute atomic E-state index is 0.0406. The summed E-state index contributed by atoms with van der Waals surface area (Å²) in [7, 11) is 1.59. The maximum absolute atomic E-state index is 10.2. The summed E-state index contributed by atoms with van der Waals surface area (Å²) in [5.74, 6) is 0.972. The Bertz CT molecular complexity index is 1100. The highest BCUT2D eigenvalue weighted by atomic mass is 16.5. The fourth-order valence-electron chi connectivity index (χ4n) is 5.17. The first-order chi connectivity index (χ1) is 15.5. The van der Waals surface area contributed by atoms with E-state index in [1.165, 1.54) is 0 Å². The zero-order chi connectivity index (χ0) is 24.6. The van der Waals surface area contributed by atoms with Gasteiger partial charge in [0, 0.05) is 5.92 Å². The Morgan fingerprint density at radius 1 is 1.12 bits per heavy atom. The van der Waals surface area contributed by atoms with Gasteiger partial charge in [0.1, 0.15) is 0 Å². The van der Waals surface area contributed by atoms with Crippen molar-refractivity contribution >= 4 is 0 Å². The second-order valence-electron chi connectivity index (χ2n) is 10.3. The number of hydrogen-bond acceptors (Lipinski definition) is 6. The molecule has 0 aromatic heterocycles. The normalized spacial score (nSPS) is 24.1. The van der Waals surface area contributed by atoms with Gasteiger partial charge in [-0.25, -0.2) is 0 Å². The van der Waals surface area contributed by atoms with Crippen molar-refractivity contribution in [1.82, 2.24) is 0 Å². The smallest absolute Gasteiger partial charge is 0.204 e. The average molecular weight is 445 g/mol. The molecule has 0 radical (unpaired) electrons. The molecule has 2 N–H and O–H groups in total. The molecule has 3 rings (SSSR count). The molecular formula is C27H32N4O2. The lowest BCUT2D eigenvalue weighted by Crippen LogP contribution is -2.43. The van der Waals surface area contributed by atoms with Crippen LogP contribution in [0.5, 0.6) is 11.5 Å². The molecule has 1 aromatic rings. The number of methoxy groups -OCH3 is 1. The molecule has 6 heteroatoms. The highest BCUT2D eigenvalue weighted by Gasteiger charge is 2.53. The van der Waals surface area contributed by atoms with Crippen LogP contribution in [0, 0.1) is 56.7 Å². The number of rotatable bonds is 4. The second-order valence-corrected chi connectivity index (χ2v) is 10.3. The highest BCUT2D eigenvalue weighted by molar-refractivity contribution is 5.59. The summed E-state index contributed by atoms with van der Waals surface area (Å²) in [6.07, 6.45) is 3.50. The Balaban J connectivity index is 2.28. The van der Waals surface area contributed by atoms with E-state index < -0.39 is 5.41 Å². The summed E-state index contributed by atoms with van der Waals surface area (Å²) in [5, 5.41) is 30.3. The third-order valence-corrected chi connectivity index (χ3v) is 6.99. The van der Waals surface area contributed by atoms with Gasteiger partial charge in [-0.3, -0.25) is 0 Å². The Hall–Kier alpha value is -3.43. The number of nitriles is 3. The minimum atomic E-state index is -1.61. The number of fused-ring (bicyclic) bond motifs is 1. The first-order valence-electron chi connectivity index (χ1n) is 11.3. The van der Waals surface area contributed by atoms with Gasteiger partial charge in [-0.2, -0.15) is 15.8 Å². The standard InChI is InChI=1S/C27H32N4O2/c1-16(2)33-23-11-17(7-10-22(23)32-6)24-19-12-18(26(3,4)5)8-9-21(19)27(14-29,15-30)25(31)20(24)13-28/h7,9-11,16,18-19,24H,8,12,31H2,1-6H3/t18?,19-,24+/m1/s1. The van der Waals surface area contributed by atoms with E-state index in [4.69, 9.17) is 15.2 Å². The highest BCUT2D eigenvalue weighted by Crippen LogP contribution is 2.57. The molecule has 1 unspecified atom stereocenters. The summed E-state index contributed by atoms with van der Waals surface area (Å²) in [4.78, 5) is 0. The second kappa shape index (κ2) is 8.84. The lowest BCUT2D eigenvalue weighted by atomic mass is 9.55. The van der Waals surface area contributed by atoms with Gasteiger partial charge in [-0.15, -0.1) is 0 Å². The summed E-state index contributed by atoms with van der Waals surface area (Å²) >= 11 is 0. The molecule has 0 amide bonds. The van der Waals surface area contributed by atoms with Gasteiger partial charge in [0.25, 0.3) is 0 Å². The van der Waals surface area contributed by atoms with Crippen LogP contribution in [0.3, 0.4) is 0 Å². The van der Waals surface area contributed by atoms with Crippen LogP contribution in [-0.2, 0) is 0 Å². The van der Waals surface area contributed by atoms with Crippen LogP contribution in [0.25, 0.3) is 0 Å². The third kappa shape index (κ3) is 4.05. The van der Waals surface area contributed by atoms with E-state index in [1.54, 1.807) is 7.11 Å². The quantitative estimate of drug-likeness (QED) is 0.626. The van der Waals surface area contributed by atoms with Crippen molar-refractivity contribution in [3.63, 3.8) is 0 Å². The van der Waals surface area contributed by atoms with E-state index >= 15 is 0 Å². The number of nitrogens with two attached hydrogens (primary N) is 1. The summed E-state index contributed by atoms with van der Waals surface area (Å²) in [6.45, 7) is 10.5. The van der Waals surface area contributed by atoms with Crippen LogP contribution in [0.2, 0.25) is 0 Å². The van der Waals surface area contributed by atoms with Crippen molar-refractivity contribution in [1.29, 1.82) is 15.8 Å². The lowest BCUT2D eigenvalue weighted by molar-refractivity contribution is 0.180. The van der Waals surface area contributed by atoms with Gasteiger partial charge in [0.05, 0.1) is 42.7 Å². The molecule has 33 heavy (non-hydrogen) atoms. The molecule has 172 valence electrons. The van der Waals surface area contributed by atoms with E-state index in [9.17, 15) is 15.8 Å². The molecule has 0 fully saturated rings. The van der Waals surface area contributed by atoms with Crippen LogP contribution in [0.1, 0.15) is 58.9 Å². The van der Waals surface area contributed by atoms with Gasteiger partial charge in [0.2, 0.25) is 5.41 Å². The van der Waals surface area contributed by atoms with Crippen molar-refractivity contribution in [2.24, 2.45) is 28.4 Å². The van der Waals surface area contributed by atoms with Crippen molar-refractivity contribution in [3.8, 4) is 29.7 Å². The number of benzene rings is 1. The van der Waals surface area contributed by atoms with Gasteiger partial charge in [0.15, 0.2) is 11.5 Å². The predicted molar refractivity (Wildman–Crippen MR) is 126 cm³/mol. The van der Waals surface area contributed by atoms with Gasteiger partial charge in [-0.1, -0.05) is 32.9 Å². The molecule has 3 atom stereocenters. The van der Waals surface area contributed by atoms with Crippen molar-refractivity contribution in [2.75, 3.05) is 7.11 Å². The molecular weight excluding hydrogens is 412 g/mol. The van der Waals surface area contributed by atoms with Gasteiger partial charge < -0.3 is 15.2 Å². The Kier molecular flexibility index (Phi) is 6.49. The maximum Gasteiger partial charge on any atom is 0.204 e.